The maximum Gasteiger partial charge on any atom is 0.273 e. The van der Waals surface area contributed by atoms with Crippen LogP contribution in [0.5, 0.6) is 0 Å². The van der Waals surface area contributed by atoms with Gasteiger partial charge >= 0.3 is 0 Å². The minimum Gasteiger partial charge on any atom is -0.359 e. The summed E-state index contributed by atoms with van der Waals surface area (Å²) in [6, 6.07) is 12.5. The number of hydrazine groups is 1. The highest BCUT2D eigenvalue weighted by Crippen LogP contribution is 2.23. The quantitative estimate of drug-likeness (QED) is 0.632. The molecule has 2 aromatic rings. The second-order valence-corrected chi connectivity index (χ2v) is 8.26. The number of carbonyl (C=O) groups excluding carboxylic acids is 1. The molecule has 2 fully saturated rings. The van der Waals surface area contributed by atoms with E-state index in [1.165, 1.54) is 18.4 Å². The van der Waals surface area contributed by atoms with Crippen molar-refractivity contribution >= 4 is 5.91 Å². The van der Waals surface area contributed by atoms with E-state index in [1.54, 1.807) is 6.07 Å². The third-order valence-electron chi connectivity index (χ3n) is 5.99. The van der Waals surface area contributed by atoms with Crippen molar-refractivity contribution in [3.63, 3.8) is 0 Å². The Labute approximate surface area is 172 Å². The first-order valence-electron chi connectivity index (χ1n) is 10.7. The molecule has 0 unspecified atom stereocenters. The average Bonchev–Trinajstić information content (AvgIpc) is 3.42. The predicted octanol–water partition coefficient (Wildman–Crippen LogP) is 1.97. The van der Waals surface area contributed by atoms with Crippen LogP contribution in [0.1, 0.15) is 41.1 Å². The van der Waals surface area contributed by atoms with E-state index in [4.69, 9.17) is 4.52 Å². The first-order chi connectivity index (χ1) is 14.3. The summed E-state index contributed by atoms with van der Waals surface area (Å²) < 4.78 is 5.42. The number of benzene rings is 1. The third kappa shape index (κ3) is 5.88. The number of amides is 1. The molecule has 3 N–H and O–H groups in total. The SMILES string of the molecule is O=C(NCCC1CNNC1)c1cc(CN2CCC(Cc3ccccc3)CC2)on1. The Morgan fingerprint density at radius 1 is 1.14 bits per heavy atom. The van der Waals surface area contributed by atoms with Gasteiger partial charge in [-0.1, -0.05) is 35.5 Å². The topological polar surface area (TPSA) is 82.4 Å². The van der Waals surface area contributed by atoms with Crippen molar-refractivity contribution < 1.29 is 9.32 Å². The number of hydrogen-bond acceptors (Lipinski definition) is 6. The summed E-state index contributed by atoms with van der Waals surface area (Å²) in [7, 11) is 0. The van der Waals surface area contributed by atoms with Crippen LogP contribution in [0.4, 0.5) is 0 Å². The van der Waals surface area contributed by atoms with Crippen LogP contribution in [0, 0.1) is 11.8 Å². The van der Waals surface area contributed by atoms with E-state index in [1.807, 2.05) is 0 Å². The lowest BCUT2D eigenvalue weighted by Crippen LogP contribution is -2.33. The highest BCUT2D eigenvalue weighted by atomic mass is 16.5. The van der Waals surface area contributed by atoms with Crippen LogP contribution in [0.3, 0.4) is 0 Å². The van der Waals surface area contributed by atoms with Crippen molar-refractivity contribution in [3.8, 4) is 0 Å². The highest BCUT2D eigenvalue weighted by Gasteiger charge is 2.22. The Bertz CT molecular complexity index is 765. The zero-order valence-corrected chi connectivity index (χ0v) is 16.9. The van der Waals surface area contributed by atoms with Crippen LogP contribution in [0.25, 0.3) is 0 Å². The molecule has 0 bridgehead atoms. The van der Waals surface area contributed by atoms with E-state index in [-0.39, 0.29) is 5.91 Å². The van der Waals surface area contributed by atoms with E-state index in [2.05, 4.69) is 56.6 Å². The molecule has 7 heteroatoms. The van der Waals surface area contributed by atoms with Gasteiger partial charge in [0.25, 0.3) is 5.91 Å². The fraction of sp³-hybridized carbons (Fsp3) is 0.545. The molecule has 2 saturated heterocycles. The van der Waals surface area contributed by atoms with Gasteiger partial charge in [0.2, 0.25) is 0 Å². The first kappa shape index (κ1) is 20.1. The van der Waals surface area contributed by atoms with Gasteiger partial charge in [0.1, 0.15) is 0 Å². The Morgan fingerprint density at radius 3 is 2.66 bits per heavy atom. The van der Waals surface area contributed by atoms with Gasteiger partial charge in [0.05, 0.1) is 6.54 Å². The van der Waals surface area contributed by atoms with Crippen LogP contribution in [0.15, 0.2) is 40.9 Å². The van der Waals surface area contributed by atoms with Crippen LogP contribution < -0.4 is 16.2 Å². The Morgan fingerprint density at radius 2 is 1.90 bits per heavy atom. The van der Waals surface area contributed by atoms with Gasteiger partial charge < -0.3 is 9.84 Å². The molecule has 0 saturated carbocycles. The molecule has 156 valence electrons. The van der Waals surface area contributed by atoms with E-state index in [9.17, 15) is 4.79 Å². The molecule has 1 aromatic carbocycles. The zero-order chi connectivity index (χ0) is 19.9. The summed E-state index contributed by atoms with van der Waals surface area (Å²) in [5, 5.41) is 6.91. The number of hydrogen-bond donors (Lipinski definition) is 3. The molecule has 7 nitrogen and oxygen atoms in total. The lowest BCUT2D eigenvalue weighted by Gasteiger charge is -2.31. The molecule has 1 amide bonds. The van der Waals surface area contributed by atoms with E-state index >= 15 is 0 Å². The molecule has 3 heterocycles. The standard InChI is InChI=1S/C22H31N5O2/c28-22(23-9-6-19-14-24-25-15-19)21-13-20(29-26-21)16-27-10-7-18(8-11-27)12-17-4-2-1-3-5-17/h1-5,13,18-19,24-25H,6-12,14-16H2,(H,23,28). The van der Waals surface area contributed by atoms with Crippen LogP contribution in [-0.2, 0) is 13.0 Å². The van der Waals surface area contributed by atoms with Crippen LogP contribution in [0.2, 0.25) is 0 Å². The largest absolute Gasteiger partial charge is 0.359 e. The minimum atomic E-state index is -0.152. The number of aromatic nitrogens is 1. The van der Waals surface area contributed by atoms with Crippen molar-refractivity contribution in [2.75, 3.05) is 32.7 Å². The molecule has 4 rings (SSSR count). The number of carbonyl (C=O) groups is 1. The molecule has 0 atom stereocenters. The summed E-state index contributed by atoms with van der Waals surface area (Å²) in [5.41, 5.74) is 8.01. The molecular formula is C22H31N5O2. The molecule has 1 aromatic heterocycles. The summed E-state index contributed by atoms with van der Waals surface area (Å²) >= 11 is 0. The third-order valence-corrected chi connectivity index (χ3v) is 5.99. The molecule has 2 aliphatic heterocycles. The van der Waals surface area contributed by atoms with Crippen LogP contribution >= 0.6 is 0 Å². The van der Waals surface area contributed by atoms with Gasteiger partial charge in [0.15, 0.2) is 11.5 Å². The smallest absolute Gasteiger partial charge is 0.273 e. The van der Waals surface area contributed by atoms with Crippen molar-refractivity contribution in [1.82, 2.24) is 26.2 Å². The van der Waals surface area contributed by atoms with Crippen molar-refractivity contribution in [2.45, 2.75) is 32.2 Å². The number of rotatable bonds is 8. The fourth-order valence-corrected chi connectivity index (χ4v) is 4.20. The molecule has 0 spiro atoms. The monoisotopic (exact) mass is 397 g/mol. The Balaban J connectivity index is 1.18. The van der Waals surface area contributed by atoms with Gasteiger partial charge in [-0.2, -0.15) is 0 Å². The maximum absolute atomic E-state index is 12.3. The second-order valence-electron chi connectivity index (χ2n) is 8.26. The molecule has 29 heavy (non-hydrogen) atoms. The highest BCUT2D eigenvalue weighted by molar-refractivity contribution is 5.92. The van der Waals surface area contributed by atoms with Crippen molar-refractivity contribution in [2.24, 2.45) is 11.8 Å². The average molecular weight is 398 g/mol. The van der Waals surface area contributed by atoms with Gasteiger partial charge in [-0.15, -0.1) is 0 Å². The summed E-state index contributed by atoms with van der Waals surface area (Å²) in [4.78, 5) is 14.7. The van der Waals surface area contributed by atoms with Gasteiger partial charge in [-0.05, 0) is 56.2 Å². The summed E-state index contributed by atoms with van der Waals surface area (Å²) in [6.45, 7) is 5.39. The summed E-state index contributed by atoms with van der Waals surface area (Å²) in [5.74, 6) is 1.92. The minimum absolute atomic E-state index is 0.152. The Hall–Kier alpha value is -2.22. The van der Waals surface area contributed by atoms with E-state index in [0.29, 0.717) is 18.2 Å². The van der Waals surface area contributed by atoms with Gasteiger partial charge in [0, 0.05) is 25.7 Å². The number of nitrogens with one attached hydrogen (secondary N) is 3. The molecular weight excluding hydrogens is 366 g/mol. The predicted molar refractivity (Wildman–Crippen MR) is 111 cm³/mol. The first-order valence-corrected chi connectivity index (χ1v) is 10.7. The fourth-order valence-electron chi connectivity index (χ4n) is 4.20. The van der Waals surface area contributed by atoms with Gasteiger partial charge in [-0.3, -0.25) is 20.5 Å². The number of nitrogens with zero attached hydrogens (tertiary/aromatic N) is 2. The Kier molecular flexibility index (Phi) is 6.92. The zero-order valence-electron chi connectivity index (χ0n) is 16.9. The second kappa shape index (κ2) is 10.0. The molecule has 2 aliphatic rings. The van der Waals surface area contributed by atoms with Crippen molar-refractivity contribution in [3.05, 3.63) is 53.4 Å². The lowest BCUT2D eigenvalue weighted by atomic mass is 9.90. The lowest BCUT2D eigenvalue weighted by molar-refractivity contribution is 0.0942. The van der Waals surface area contributed by atoms with Gasteiger partial charge in [-0.25, -0.2) is 0 Å². The number of piperidine rings is 1. The number of likely N-dealkylation sites (tertiary alicyclic amines) is 1. The van der Waals surface area contributed by atoms with E-state index < -0.39 is 0 Å². The van der Waals surface area contributed by atoms with Crippen molar-refractivity contribution in [1.29, 1.82) is 0 Å². The van der Waals surface area contributed by atoms with E-state index in [0.717, 1.165) is 57.2 Å². The van der Waals surface area contributed by atoms with Crippen LogP contribution in [-0.4, -0.2) is 48.7 Å². The molecule has 0 radical (unpaired) electrons. The normalized spacial score (nSPS) is 18.9. The summed E-state index contributed by atoms with van der Waals surface area (Å²) in [6.07, 6.45) is 4.51. The maximum atomic E-state index is 12.3. The molecule has 0 aliphatic carbocycles.